The van der Waals surface area contributed by atoms with Gasteiger partial charge in [0, 0.05) is 34.8 Å². The molecule has 3 rings (SSSR count). The zero-order valence-corrected chi connectivity index (χ0v) is 17.4. The number of carbonyl (C=O) groups excluding carboxylic acids is 1. The Morgan fingerprint density at radius 1 is 1.37 bits per heavy atom. The number of rotatable bonds is 5. The van der Waals surface area contributed by atoms with Gasteiger partial charge >= 0.3 is 6.03 Å². The summed E-state index contributed by atoms with van der Waals surface area (Å²) in [5.41, 5.74) is 1.99. The van der Waals surface area contributed by atoms with Gasteiger partial charge in [-0.05, 0) is 56.9 Å². The van der Waals surface area contributed by atoms with Crippen molar-refractivity contribution in [2.45, 2.75) is 63.0 Å². The summed E-state index contributed by atoms with van der Waals surface area (Å²) >= 11 is 1.88. The number of hydrogen-bond acceptors (Lipinski definition) is 4. The Morgan fingerprint density at radius 2 is 2.11 bits per heavy atom. The minimum absolute atomic E-state index is 0.0231. The maximum Gasteiger partial charge on any atom is 0.321 e. The van der Waals surface area contributed by atoms with Crippen molar-refractivity contribution in [1.82, 2.24) is 20.1 Å². The number of H-pyrrole nitrogens is 1. The Kier molecular flexibility index (Phi) is 6.42. The van der Waals surface area contributed by atoms with Gasteiger partial charge in [0.15, 0.2) is 5.82 Å². The normalized spacial score (nSPS) is 16.4. The molecule has 0 bridgehead atoms. The highest BCUT2D eigenvalue weighted by Crippen LogP contribution is 2.29. The van der Waals surface area contributed by atoms with Gasteiger partial charge in [0.2, 0.25) is 0 Å². The second-order valence-electron chi connectivity index (χ2n) is 7.28. The lowest BCUT2D eigenvalue weighted by Gasteiger charge is -2.31. The molecule has 1 aliphatic rings. The second-order valence-corrected chi connectivity index (χ2v) is 8.80. The molecule has 1 aromatic carbocycles. The van der Waals surface area contributed by atoms with Crippen LogP contribution in [0.1, 0.15) is 56.2 Å². The number of nitrogens with zero attached hydrogens (tertiary/aromatic N) is 3. The van der Waals surface area contributed by atoms with E-state index in [9.17, 15) is 4.79 Å². The molecule has 1 saturated heterocycles. The first kappa shape index (κ1) is 19.7. The van der Waals surface area contributed by atoms with Crippen molar-refractivity contribution in [3.63, 3.8) is 0 Å². The highest BCUT2D eigenvalue weighted by atomic mass is 32.2. The van der Waals surface area contributed by atoms with Crippen LogP contribution in [0.4, 0.5) is 10.5 Å². The summed E-state index contributed by atoms with van der Waals surface area (Å²) in [7, 11) is 0. The SMILES string of the molecule is CC[C@@H](C)Sc1ccc(NC(=O)N2CCC(c3n[nH]c(C)n3)CC2)c(C)c1. The first-order valence-corrected chi connectivity index (χ1v) is 10.6. The van der Waals surface area contributed by atoms with Crippen LogP contribution in [-0.2, 0) is 0 Å². The number of hydrogen-bond donors (Lipinski definition) is 2. The standard InChI is InChI=1S/C20H29N5OS/c1-5-14(3)27-17-6-7-18(13(2)12-17)22-20(26)25-10-8-16(9-11-25)19-21-15(4)23-24-19/h6-7,12,14,16H,5,8-11H2,1-4H3,(H,22,26)(H,21,23,24)/t14-/m1/s1. The number of aromatic nitrogens is 3. The van der Waals surface area contributed by atoms with Crippen molar-refractivity contribution in [2.24, 2.45) is 0 Å². The number of thioether (sulfide) groups is 1. The van der Waals surface area contributed by atoms with Crippen LogP contribution in [-0.4, -0.2) is 44.5 Å². The summed E-state index contributed by atoms with van der Waals surface area (Å²) in [6.07, 6.45) is 2.94. The molecule has 6 nitrogen and oxygen atoms in total. The number of anilines is 1. The van der Waals surface area contributed by atoms with Gasteiger partial charge in [0.05, 0.1) is 0 Å². The summed E-state index contributed by atoms with van der Waals surface area (Å²) in [5, 5.41) is 10.8. The first-order chi connectivity index (χ1) is 13.0. The summed E-state index contributed by atoms with van der Waals surface area (Å²) < 4.78 is 0. The molecule has 0 unspecified atom stereocenters. The highest BCUT2D eigenvalue weighted by Gasteiger charge is 2.26. The van der Waals surface area contributed by atoms with E-state index in [4.69, 9.17) is 0 Å². The molecule has 2 aromatic rings. The van der Waals surface area contributed by atoms with E-state index in [0.717, 1.165) is 55.3 Å². The van der Waals surface area contributed by atoms with Gasteiger partial charge in [-0.3, -0.25) is 5.10 Å². The Morgan fingerprint density at radius 3 is 2.70 bits per heavy atom. The fraction of sp³-hybridized carbons (Fsp3) is 0.550. The fourth-order valence-corrected chi connectivity index (χ4v) is 4.27. The number of carbonyl (C=O) groups is 1. The zero-order chi connectivity index (χ0) is 19.4. The van der Waals surface area contributed by atoms with Crippen LogP contribution in [0.5, 0.6) is 0 Å². The third kappa shape index (κ3) is 5.03. The van der Waals surface area contributed by atoms with Crippen LogP contribution in [0.2, 0.25) is 0 Å². The van der Waals surface area contributed by atoms with Crippen LogP contribution >= 0.6 is 11.8 Å². The summed E-state index contributed by atoms with van der Waals surface area (Å²) in [6, 6.07) is 6.24. The van der Waals surface area contributed by atoms with Crippen molar-refractivity contribution in [2.75, 3.05) is 18.4 Å². The lowest BCUT2D eigenvalue weighted by molar-refractivity contribution is 0.193. The molecule has 1 fully saturated rings. The third-order valence-electron chi connectivity index (χ3n) is 5.11. The topological polar surface area (TPSA) is 73.9 Å². The molecule has 27 heavy (non-hydrogen) atoms. The second kappa shape index (κ2) is 8.78. The molecular weight excluding hydrogens is 358 g/mol. The molecule has 1 atom stereocenters. The summed E-state index contributed by atoms with van der Waals surface area (Å²) in [5.74, 6) is 2.05. The molecule has 2 N–H and O–H groups in total. The number of piperidine rings is 1. The fourth-order valence-electron chi connectivity index (χ4n) is 3.24. The lowest BCUT2D eigenvalue weighted by atomic mass is 9.96. The number of nitrogens with one attached hydrogen (secondary N) is 2. The van der Waals surface area contributed by atoms with Crippen molar-refractivity contribution in [3.8, 4) is 0 Å². The molecule has 0 aliphatic carbocycles. The lowest BCUT2D eigenvalue weighted by Crippen LogP contribution is -2.40. The number of likely N-dealkylation sites (tertiary alicyclic amines) is 1. The van der Waals surface area contributed by atoms with Crippen molar-refractivity contribution < 1.29 is 4.79 Å². The quantitative estimate of drug-likeness (QED) is 0.728. The minimum Gasteiger partial charge on any atom is -0.324 e. The van der Waals surface area contributed by atoms with E-state index < -0.39 is 0 Å². The molecule has 0 radical (unpaired) electrons. The van der Waals surface area contributed by atoms with E-state index in [1.165, 1.54) is 4.90 Å². The van der Waals surface area contributed by atoms with Crippen molar-refractivity contribution in [1.29, 1.82) is 0 Å². The number of aryl methyl sites for hydroxylation is 2. The molecule has 0 spiro atoms. The van der Waals surface area contributed by atoms with Gasteiger partial charge in [0.25, 0.3) is 0 Å². The van der Waals surface area contributed by atoms with Crippen LogP contribution in [0.15, 0.2) is 23.1 Å². The van der Waals surface area contributed by atoms with Gasteiger partial charge in [-0.1, -0.05) is 13.8 Å². The molecule has 2 amide bonds. The predicted octanol–water partition coefficient (Wildman–Crippen LogP) is 4.72. The highest BCUT2D eigenvalue weighted by molar-refractivity contribution is 7.99. The van der Waals surface area contributed by atoms with Crippen LogP contribution in [0, 0.1) is 13.8 Å². The smallest absolute Gasteiger partial charge is 0.321 e. The van der Waals surface area contributed by atoms with Crippen LogP contribution in [0.25, 0.3) is 0 Å². The Hall–Kier alpha value is -2.02. The van der Waals surface area contributed by atoms with Crippen LogP contribution < -0.4 is 5.32 Å². The van der Waals surface area contributed by atoms with Gasteiger partial charge < -0.3 is 10.2 Å². The van der Waals surface area contributed by atoms with E-state index in [1.54, 1.807) is 0 Å². The third-order valence-corrected chi connectivity index (χ3v) is 6.38. The molecule has 1 aromatic heterocycles. The number of aromatic amines is 1. The van der Waals surface area contributed by atoms with Gasteiger partial charge in [-0.15, -0.1) is 11.8 Å². The van der Waals surface area contributed by atoms with Gasteiger partial charge in [-0.2, -0.15) is 5.10 Å². The number of benzene rings is 1. The number of amides is 2. The van der Waals surface area contributed by atoms with E-state index in [0.29, 0.717) is 11.2 Å². The van der Waals surface area contributed by atoms with E-state index in [-0.39, 0.29) is 6.03 Å². The van der Waals surface area contributed by atoms with Crippen molar-refractivity contribution >= 4 is 23.5 Å². The number of urea groups is 1. The Bertz CT molecular complexity index is 782. The van der Waals surface area contributed by atoms with E-state index in [2.05, 4.69) is 46.5 Å². The maximum atomic E-state index is 12.6. The van der Waals surface area contributed by atoms with Gasteiger partial charge in [-0.25, -0.2) is 9.78 Å². The summed E-state index contributed by atoms with van der Waals surface area (Å²) in [6.45, 7) is 9.85. The molecule has 146 valence electrons. The largest absolute Gasteiger partial charge is 0.324 e. The van der Waals surface area contributed by atoms with Crippen molar-refractivity contribution in [3.05, 3.63) is 35.4 Å². The Balaban J connectivity index is 1.55. The van der Waals surface area contributed by atoms with E-state index in [1.807, 2.05) is 36.6 Å². The maximum absolute atomic E-state index is 12.6. The predicted molar refractivity (Wildman–Crippen MR) is 110 cm³/mol. The zero-order valence-electron chi connectivity index (χ0n) is 16.6. The van der Waals surface area contributed by atoms with E-state index >= 15 is 0 Å². The van der Waals surface area contributed by atoms with Gasteiger partial charge in [0.1, 0.15) is 5.82 Å². The minimum atomic E-state index is -0.0231. The Labute approximate surface area is 165 Å². The monoisotopic (exact) mass is 387 g/mol. The summed E-state index contributed by atoms with van der Waals surface area (Å²) in [4.78, 5) is 20.2. The average molecular weight is 388 g/mol. The molecular formula is C20H29N5OS. The molecule has 7 heteroatoms. The molecule has 2 heterocycles. The molecule has 0 saturated carbocycles. The average Bonchev–Trinajstić information content (AvgIpc) is 3.10. The van der Waals surface area contributed by atoms with Crippen LogP contribution in [0.3, 0.4) is 0 Å². The first-order valence-electron chi connectivity index (χ1n) is 9.68. The molecule has 1 aliphatic heterocycles.